The largest absolute Gasteiger partial charge is 0.435 e. The number of amides is 2. The number of carbonyl (C=O) groups excluding carboxylic acids is 1. The molecule has 37 heavy (non-hydrogen) atoms. The molecule has 2 spiro atoms. The Kier molecular flexibility index (Phi) is 5.04. The van der Waals surface area contributed by atoms with Gasteiger partial charge in [-0.3, -0.25) is 9.58 Å². The Morgan fingerprint density at radius 3 is 2.27 bits per heavy atom. The molecule has 7 rings (SSSR count). The topological polar surface area (TPSA) is 75.3 Å². The van der Waals surface area contributed by atoms with E-state index < -0.39 is 11.9 Å². The normalized spacial score (nSPS) is 25.3. The lowest BCUT2D eigenvalue weighted by atomic mass is 9.60. The third-order valence-electron chi connectivity index (χ3n) is 9.40. The number of likely N-dealkylation sites (tertiary alicyclic amines) is 3. The zero-order chi connectivity index (χ0) is 25.6. The minimum atomic E-state index is -4.42. The van der Waals surface area contributed by atoms with Crippen LogP contribution in [0.3, 0.4) is 0 Å². The van der Waals surface area contributed by atoms with Crippen molar-refractivity contribution in [2.45, 2.75) is 63.2 Å². The first-order chi connectivity index (χ1) is 17.6. The van der Waals surface area contributed by atoms with Gasteiger partial charge in [0.2, 0.25) is 0 Å². The van der Waals surface area contributed by atoms with E-state index in [0.717, 1.165) is 76.8 Å². The molecule has 0 radical (unpaired) electrons. The monoisotopic (exact) mass is 518 g/mol. The molecule has 0 unspecified atom stereocenters. The van der Waals surface area contributed by atoms with Crippen molar-refractivity contribution in [1.29, 1.82) is 0 Å². The number of carbonyl (C=O) groups is 1. The SMILES string of the molecule is Cn1nc(C(F)(F)F)cc1CN1CCC2(CC1)CN(C(=O)N1CC3(CC(n4cnc(C5CC5)n4)C3)C1)C2. The number of hydrogen-bond donors (Lipinski definition) is 0. The number of aromatic nitrogens is 5. The lowest BCUT2D eigenvalue weighted by Gasteiger charge is -2.61. The van der Waals surface area contributed by atoms with E-state index in [1.807, 2.05) is 20.8 Å². The highest BCUT2D eigenvalue weighted by atomic mass is 19.4. The molecule has 3 saturated heterocycles. The molecule has 5 aliphatic rings. The minimum absolute atomic E-state index is 0.159. The summed E-state index contributed by atoms with van der Waals surface area (Å²) in [5.74, 6) is 1.57. The van der Waals surface area contributed by atoms with Crippen LogP contribution in [-0.4, -0.2) is 84.5 Å². The molecule has 5 heterocycles. The number of hydrogen-bond acceptors (Lipinski definition) is 5. The van der Waals surface area contributed by atoms with Crippen molar-refractivity contribution >= 4 is 6.03 Å². The number of aryl methyl sites for hydroxylation is 1. The molecular formula is C25H33F3N8O. The van der Waals surface area contributed by atoms with E-state index in [4.69, 9.17) is 0 Å². The van der Waals surface area contributed by atoms with Gasteiger partial charge in [0.25, 0.3) is 0 Å². The van der Waals surface area contributed by atoms with Crippen LogP contribution in [0.1, 0.15) is 67.7 Å². The quantitative estimate of drug-likeness (QED) is 0.621. The summed E-state index contributed by atoms with van der Waals surface area (Å²) < 4.78 is 42.2. The average molecular weight is 519 g/mol. The van der Waals surface area contributed by atoms with Crippen LogP contribution in [0.25, 0.3) is 0 Å². The maximum Gasteiger partial charge on any atom is 0.435 e. The first-order valence-corrected chi connectivity index (χ1v) is 13.4. The average Bonchev–Trinajstić information content (AvgIpc) is 3.39. The Morgan fingerprint density at radius 1 is 1.03 bits per heavy atom. The number of halogens is 3. The molecule has 5 fully saturated rings. The second kappa shape index (κ2) is 7.94. The van der Waals surface area contributed by atoms with Gasteiger partial charge >= 0.3 is 12.2 Å². The molecule has 9 nitrogen and oxygen atoms in total. The lowest BCUT2D eigenvalue weighted by molar-refractivity contribution is -0.141. The zero-order valence-electron chi connectivity index (χ0n) is 21.1. The minimum Gasteiger partial charge on any atom is -0.323 e. The molecule has 2 aromatic rings. The van der Waals surface area contributed by atoms with Gasteiger partial charge in [0.05, 0.1) is 11.7 Å². The van der Waals surface area contributed by atoms with Crippen molar-refractivity contribution in [3.8, 4) is 0 Å². The highest BCUT2D eigenvalue weighted by Gasteiger charge is 2.57. The molecule has 12 heteroatoms. The van der Waals surface area contributed by atoms with Gasteiger partial charge in [-0.25, -0.2) is 14.5 Å². The van der Waals surface area contributed by atoms with Gasteiger partial charge in [0.1, 0.15) is 6.33 Å². The summed E-state index contributed by atoms with van der Waals surface area (Å²) in [4.78, 5) is 23.7. The zero-order valence-corrected chi connectivity index (χ0v) is 21.1. The molecule has 2 saturated carbocycles. The summed E-state index contributed by atoms with van der Waals surface area (Å²) in [6.07, 6.45) is 3.97. The van der Waals surface area contributed by atoms with Gasteiger partial charge in [-0.05, 0) is 57.7 Å². The molecule has 2 amide bonds. The summed E-state index contributed by atoms with van der Waals surface area (Å²) in [6, 6.07) is 1.73. The van der Waals surface area contributed by atoms with Crippen molar-refractivity contribution in [3.05, 3.63) is 29.6 Å². The number of alkyl halides is 3. The summed E-state index contributed by atoms with van der Waals surface area (Å²) in [7, 11) is 1.56. The van der Waals surface area contributed by atoms with E-state index in [-0.39, 0.29) is 16.9 Å². The van der Waals surface area contributed by atoms with Gasteiger partial charge < -0.3 is 9.80 Å². The predicted octanol–water partition coefficient (Wildman–Crippen LogP) is 3.26. The van der Waals surface area contributed by atoms with Crippen LogP contribution in [0, 0.1) is 10.8 Å². The van der Waals surface area contributed by atoms with Gasteiger partial charge in [0, 0.05) is 56.5 Å². The number of urea groups is 1. The summed E-state index contributed by atoms with van der Waals surface area (Å²) in [5.41, 5.74) is 0.160. The molecule has 200 valence electrons. The first-order valence-electron chi connectivity index (χ1n) is 13.4. The maximum atomic E-state index is 13.0. The van der Waals surface area contributed by atoms with E-state index in [1.165, 1.54) is 17.5 Å². The molecular weight excluding hydrogens is 485 g/mol. The Labute approximate surface area is 213 Å². The standard InChI is InChI=1S/C25H33F3N8O/c1-32-18(8-20(30-32)25(26,27)28)11-33-6-4-23(5-7-33)12-34(13-23)22(37)35-14-24(15-35)9-19(10-24)36-16-29-21(31-36)17-2-3-17/h8,16-17,19H,2-7,9-15H2,1H3. The van der Waals surface area contributed by atoms with Crippen molar-refractivity contribution in [3.63, 3.8) is 0 Å². The Morgan fingerprint density at radius 2 is 1.68 bits per heavy atom. The first kappa shape index (κ1) is 23.5. The Hall–Kier alpha value is -2.63. The molecule has 0 aromatic carbocycles. The smallest absolute Gasteiger partial charge is 0.323 e. The Balaban J connectivity index is 0.851. The van der Waals surface area contributed by atoms with Gasteiger partial charge in [0.15, 0.2) is 11.5 Å². The molecule has 0 atom stereocenters. The van der Waals surface area contributed by atoms with Crippen LogP contribution in [0.15, 0.2) is 12.4 Å². The molecule has 0 N–H and O–H groups in total. The fourth-order valence-corrected chi connectivity index (χ4v) is 6.90. The van der Waals surface area contributed by atoms with E-state index >= 15 is 0 Å². The van der Waals surface area contributed by atoms with E-state index in [0.29, 0.717) is 24.2 Å². The fourth-order valence-electron chi connectivity index (χ4n) is 6.90. The van der Waals surface area contributed by atoms with Crippen LogP contribution in [0.2, 0.25) is 0 Å². The fraction of sp³-hybridized carbons (Fsp3) is 0.760. The summed E-state index contributed by atoms with van der Waals surface area (Å²) in [5, 5.41) is 8.30. The second-order valence-corrected chi connectivity index (χ2v) is 12.3. The van der Waals surface area contributed by atoms with Gasteiger partial charge in [-0.15, -0.1) is 0 Å². The third kappa shape index (κ3) is 4.11. The molecule has 2 aromatic heterocycles. The lowest BCUT2D eigenvalue weighted by Crippen LogP contribution is -2.70. The summed E-state index contributed by atoms with van der Waals surface area (Å²) >= 11 is 0. The van der Waals surface area contributed by atoms with Gasteiger partial charge in [-0.2, -0.15) is 23.4 Å². The second-order valence-electron chi connectivity index (χ2n) is 12.3. The number of nitrogens with zero attached hydrogens (tertiary/aromatic N) is 8. The van der Waals surface area contributed by atoms with Crippen LogP contribution in [-0.2, 0) is 19.8 Å². The number of piperidine rings is 1. The van der Waals surface area contributed by atoms with Crippen LogP contribution < -0.4 is 0 Å². The van der Waals surface area contributed by atoms with Crippen molar-refractivity contribution in [2.75, 3.05) is 39.3 Å². The maximum absolute atomic E-state index is 13.0. The molecule has 2 aliphatic carbocycles. The van der Waals surface area contributed by atoms with Crippen molar-refractivity contribution in [1.82, 2.24) is 39.2 Å². The molecule has 3 aliphatic heterocycles. The van der Waals surface area contributed by atoms with Crippen LogP contribution >= 0.6 is 0 Å². The molecule has 0 bridgehead atoms. The van der Waals surface area contributed by atoms with Crippen molar-refractivity contribution < 1.29 is 18.0 Å². The van der Waals surface area contributed by atoms with E-state index in [9.17, 15) is 18.0 Å². The van der Waals surface area contributed by atoms with E-state index in [1.54, 1.807) is 7.05 Å². The number of rotatable bonds is 4. The predicted molar refractivity (Wildman–Crippen MR) is 126 cm³/mol. The van der Waals surface area contributed by atoms with Crippen molar-refractivity contribution in [2.24, 2.45) is 17.9 Å². The van der Waals surface area contributed by atoms with Crippen LogP contribution in [0.5, 0.6) is 0 Å². The summed E-state index contributed by atoms with van der Waals surface area (Å²) in [6.45, 7) is 5.38. The third-order valence-corrected chi connectivity index (χ3v) is 9.40. The Bertz CT molecular complexity index is 1190. The van der Waals surface area contributed by atoms with Crippen LogP contribution in [0.4, 0.5) is 18.0 Å². The highest BCUT2D eigenvalue weighted by molar-refractivity contribution is 5.76. The van der Waals surface area contributed by atoms with Gasteiger partial charge in [-0.1, -0.05) is 0 Å². The van der Waals surface area contributed by atoms with E-state index in [2.05, 4.69) is 20.1 Å². The highest BCUT2D eigenvalue weighted by Crippen LogP contribution is 2.54.